The van der Waals surface area contributed by atoms with Crippen LogP contribution >= 0.6 is 0 Å². The van der Waals surface area contributed by atoms with Crippen molar-refractivity contribution in [2.75, 3.05) is 25.6 Å². The van der Waals surface area contributed by atoms with Crippen molar-refractivity contribution in [1.29, 1.82) is 5.41 Å². The van der Waals surface area contributed by atoms with Gasteiger partial charge in [0.25, 0.3) is 0 Å². The molecule has 0 spiro atoms. The van der Waals surface area contributed by atoms with Gasteiger partial charge in [0, 0.05) is 23.9 Å². The minimum absolute atomic E-state index is 0.147. The quantitative estimate of drug-likeness (QED) is 0.368. The number of nitrogens with one attached hydrogen (secondary N) is 2. The number of hydrogen-bond acceptors (Lipinski definition) is 7. The minimum Gasteiger partial charge on any atom is -0.496 e. The molecule has 1 atom stereocenters. The van der Waals surface area contributed by atoms with E-state index < -0.39 is 11.9 Å². The number of pyridine rings is 1. The highest BCUT2D eigenvalue weighted by molar-refractivity contribution is 5.95. The molecule has 0 aliphatic carbocycles. The molecule has 0 fully saturated rings. The van der Waals surface area contributed by atoms with Crippen LogP contribution in [0.4, 0.5) is 5.69 Å². The molecule has 0 radical (unpaired) electrons. The number of aromatic nitrogens is 1. The number of fused-ring (bicyclic) bond motifs is 1. The molecule has 0 saturated carbocycles. The standard InChI is InChI=1S/C24H29N3O4/c1-6-30-23-21-20(17-9-8-14(2)12-18(17)29-5)19(24(28)31-11-7-10-25)16(4)27-22(21)15(3)13-26-23/h8-10,12-13,20,25,27H,6-7,11H2,1-5H3. The predicted molar refractivity (Wildman–Crippen MR) is 120 cm³/mol. The number of ether oxygens (including phenoxy) is 3. The first-order chi connectivity index (χ1) is 14.9. The normalized spacial score (nSPS) is 15.1. The molecule has 1 aliphatic heterocycles. The van der Waals surface area contributed by atoms with Crippen molar-refractivity contribution in [3.63, 3.8) is 0 Å². The number of esters is 1. The number of anilines is 1. The van der Waals surface area contributed by atoms with Gasteiger partial charge in [-0.25, -0.2) is 9.78 Å². The number of carbonyl (C=O) groups excluding carboxylic acids is 1. The Hall–Kier alpha value is -3.35. The van der Waals surface area contributed by atoms with Gasteiger partial charge in [0.05, 0.1) is 43.1 Å². The van der Waals surface area contributed by atoms with Crippen molar-refractivity contribution in [2.24, 2.45) is 0 Å². The third-order valence-electron chi connectivity index (χ3n) is 5.26. The summed E-state index contributed by atoms with van der Waals surface area (Å²) in [4.78, 5) is 17.7. The van der Waals surface area contributed by atoms with E-state index in [0.29, 0.717) is 35.9 Å². The Bertz CT molecular complexity index is 1030. The average molecular weight is 424 g/mol. The van der Waals surface area contributed by atoms with Crippen LogP contribution in [-0.4, -0.2) is 37.5 Å². The third kappa shape index (κ3) is 4.40. The first-order valence-electron chi connectivity index (χ1n) is 10.3. The van der Waals surface area contributed by atoms with E-state index in [2.05, 4.69) is 10.3 Å². The molecule has 31 heavy (non-hydrogen) atoms. The molecule has 3 rings (SSSR count). The second kappa shape index (κ2) is 9.64. The van der Waals surface area contributed by atoms with Gasteiger partial charge in [-0.1, -0.05) is 12.1 Å². The van der Waals surface area contributed by atoms with E-state index in [1.54, 1.807) is 13.3 Å². The second-order valence-corrected chi connectivity index (χ2v) is 7.44. The van der Waals surface area contributed by atoms with Crippen molar-refractivity contribution in [3.05, 3.63) is 57.9 Å². The number of benzene rings is 1. The SMILES string of the molecule is CCOc1ncc(C)c2c1C(c1ccc(C)cc1OC)C(C(=O)OCCC=N)=C(C)N2. The molecule has 1 aromatic heterocycles. The number of rotatable bonds is 8. The van der Waals surface area contributed by atoms with Crippen LogP contribution in [0.25, 0.3) is 0 Å². The van der Waals surface area contributed by atoms with Crippen molar-refractivity contribution in [3.8, 4) is 11.6 Å². The first kappa shape index (κ1) is 22.3. The van der Waals surface area contributed by atoms with E-state index in [-0.39, 0.29) is 6.61 Å². The molecule has 2 N–H and O–H groups in total. The lowest BCUT2D eigenvalue weighted by atomic mass is 9.79. The van der Waals surface area contributed by atoms with E-state index in [4.69, 9.17) is 19.6 Å². The Balaban J connectivity index is 2.26. The number of methoxy groups -OCH3 is 1. The lowest BCUT2D eigenvalue weighted by Gasteiger charge is -2.32. The number of nitrogens with zero attached hydrogens (tertiary/aromatic N) is 1. The summed E-state index contributed by atoms with van der Waals surface area (Å²) in [6, 6.07) is 5.93. The van der Waals surface area contributed by atoms with Crippen LogP contribution in [0.3, 0.4) is 0 Å². The molecular weight excluding hydrogens is 394 g/mol. The Morgan fingerprint density at radius 1 is 1.29 bits per heavy atom. The summed E-state index contributed by atoms with van der Waals surface area (Å²) in [5, 5.41) is 10.6. The number of aryl methyl sites for hydroxylation is 2. The number of carbonyl (C=O) groups is 1. The summed E-state index contributed by atoms with van der Waals surface area (Å²) < 4.78 is 17.1. The van der Waals surface area contributed by atoms with Crippen LogP contribution in [0.1, 0.15) is 48.4 Å². The molecule has 0 saturated heterocycles. The molecule has 164 valence electrons. The minimum atomic E-state index is -0.478. The molecule has 1 unspecified atom stereocenters. The van der Waals surface area contributed by atoms with Gasteiger partial charge in [-0.05, 0) is 51.1 Å². The van der Waals surface area contributed by atoms with Gasteiger partial charge in [-0.15, -0.1) is 0 Å². The lowest BCUT2D eigenvalue weighted by molar-refractivity contribution is -0.139. The van der Waals surface area contributed by atoms with E-state index in [1.807, 2.05) is 45.9 Å². The number of allylic oxidation sites excluding steroid dienone is 1. The molecule has 7 heteroatoms. The van der Waals surface area contributed by atoms with Gasteiger partial charge in [-0.3, -0.25) is 0 Å². The Morgan fingerprint density at radius 2 is 2.06 bits per heavy atom. The highest BCUT2D eigenvalue weighted by Crippen LogP contribution is 2.49. The van der Waals surface area contributed by atoms with Crippen molar-refractivity contribution >= 4 is 17.9 Å². The maximum absolute atomic E-state index is 13.2. The van der Waals surface area contributed by atoms with Crippen LogP contribution in [0, 0.1) is 19.3 Å². The highest BCUT2D eigenvalue weighted by Gasteiger charge is 2.38. The summed E-state index contributed by atoms with van der Waals surface area (Å²) >= 11 is 0. The van der Waals surface area contributed by atoms with Crippen molar-refractivity contribution < 1.29 is 19.0 Å². The van der Waals surface area contributed by atoms with Gasteiger partial charge in [0.15, 0.2) is 0 Å². The van der Waals surface area contributed by atoms with E-state index >= 15 is 0 Å². The van der Waals surface area contributed by atoms with Crippen LogP contribution in [0.5, 0.6) is 11.6 Å². The van der Waals surface area contributed by atoms with Gasteiger partial charge in [-0.2, -0.15) is 0 Å². The highest BCUT2D eigenvalue weighted by atomic mass is 16.5. The summed E-state index contributed by atoms with van der Waals surface area (Å²) in [7, 11) is 1.62. The average Bonchev–Trinajstić information content (AvgIpc) is 2.75. The second-order valence-electron chi connectivity index (χ2n) is 7.44. The van der Waals surface area contributed by atoms with E-state index in [1.165, 1.54) is 6.21 Å². The monoisotopic (exact) mass is 423 g/mol. The smallest absolute Gasteiger partial charge is 0.336 e. The van der Waals surface area contributed by atoms with Crippen molar-refractivity contribution in [1.82, 2.24) is 4.98 Å². The maximum atomic E-state index is 13.2. The van der Waals surface area contributed by atoms with Gasteiger partial charge >= 0.3 is 5.97 Å². The Morgan fingerprint density at radius 3 is 2.74 bits per heavy atom. The molecular formula is C24H29N3O4. The fourth-order valence-electron chi connectivity index (χ4n) is 3.84. The molecule has 1 aliphatic rings. The summed E-state index contributed by atoms with van der Waals surface area (Å²) in [6.45, 7) is 8.33. The van der Waals surface area contributed by atoms with Crippen LogP contribution in [0.2, 0.25) is 0 Å². The van der Waals surface area contributed by atoms with Crippen molar-refractivity contribution in [2.45, 2.75) is 40.0 Å². The Labute approximate surface area is 182 Å². The summed E-state index contributed by atoms with van der Waals surface area (Å²) in [6.07, 6.45) is 3.36. The number of hydrogen-bond donors (Lipinski definition) is 2. The molecule has 7 nitrogen and oxygen atoms in total. The fraction of sp³-hybridized carbons (Fsp3) is 0.375. The molecule has 2 heterocycles. The zero-order valence-electron chi connectivity index (χ0n) is 18.7. The molecule has 0 amide bonds. The van der Waals surface area contributed by atoms with Crippen LogP contribution < -0.4 is 14.8 Å². The fourth-order valence-corrected chi connectivity index (χ4v) is 3.84. The zero-order chi connectivity index (χ0) is 22.5. The first-order valence-corrected chi connectivity index (χ1v) is 10.3. The predicted octanol–water partition coefficient (Wildman–Crippen LogP) is 4.52. The maximum Gasteiger partial charge on any atom is 0.336 e. The summed E-state index contributed by atoms with van der Waals surface area (Å²) in [5.41, 5.74) is 5.68. The van der Waals surface area contributed by atoms with Gasteiger partial charge < -0.3 is 24.9 Å². The molecule has 2 aromatic rings. The Kier molecular flexibility index (Phi) is 6.95. The topological polar surface area (TPSA) is 93.5 Å². The molecule has 1 aromatic carbocycles. The van der Waals surface area contributed by atoms with Crippen LogP contribution in [0.15, 0.2) is 35.7 Å². The lowest BCUT2D eigenvalue weighted by Crippen LogP contribution is -2.26. The van der Waals surface area contributed by atoms with Crippen LogP contribution in [-0.2, 0) is 9.53 Å². The zero-order valence-corrected chi connectivity index (χ0v) is 18.7. The van der Waals surface area contributed by atoms with E-state index in [9.17, 15) is 4.79 Å². The largest absolute Gasteiger partial charge is 0.496 e. The van der Waals surface area contributed by atoms with Gasteiger partial charge in [0.1, 0.15) is 5.75 Å². The summed E-state index contributed by atoms with van der Waals surface area (Å²) in [5.74, 6) is 0.238. The van der Waals surface area contributed by atoms with Gasteiger partial charge in [0.2, 0.25) is 5.88 Å². The molecule has 0 bridgehead atoms. The third-order valence-corrected chi connectivity index (χ3v) is 5.26. The van der Waals surface area contributed by atoms with E-state index in [0.717, 1.165) is 27.9 Å².